The summed E-state index contributed by atoms with van der Waals surface area (Å²) < 4.78 is 113. The average molecular weight is 777 g/mol. The van der Waals surface area contributed by atoms with Crippen molar-refractivity contribution in [3.8, 4) is 44.5 Å². The molecule has 0 atom stereocenters. The van der Waals surface area contributed by atoms with E-state index in [1.54, 1.807) is 6.07 Å². The lowest BCUT2D eigenvalue weighted by molar-refractivity contribution is 0.768. The second kappa shape index (κ2) is 14.9. The first-order chi connectivity index (χ1) is 35.1. The van der Waals surface area contributed by atoms with Crippen LogP contribution in [0.3, 0.4) is 0 Å². The third-order valence-corrected chi connectivity index (χ3v) is 11.5. The van der Waals surface area contributed by atoms with E-state index in [4.69, 9.17) is 15.1 Å². The van der Waals surface area contributed by atoms with Crippen molar-refractivity contribution in [3.05, 3.63) is 271 Å². The van der Waals surface area contributed by atoms with Gasteiger partial charge in [0.1, 0.15) is 0 Å². The molecule has 1 aliphatic carbocycles. The summed E-state index contributed by atoms with van der Waals surface area (Å²) in [5.74, 6) is 0. The summed E-state index contributed by atoms with van der Waals surface area (Å²) in [4.78, 5) is 1.82. The highest BCUT2D eigenvalue weighted by molar-refractivity contribution is 5.92. The number of nitrogens with zero attached hydrogens (tertiary/aromatic N) is 1. The topological polar surface area (TPSA) is 3.24 Å². The van der Waals surface area contributed by atoms with Crippen molar-refractivity contribution in [2.75, 3.05) is 4.90 Å². The van der Waals surface area contributed by atoms with E-state index in [9.17, 15) is 2.74 Å². The zero-order valence-corrected chi connectivity index (χ0v) is 32.1. The van der Waals surface area contributed by atoms with Crippen molar-refractivity contribution in [3.63, 3.8) is 0 Å². The normalized spacial score (nSPS) is 15.5. The lowest BCUT2D eigenvalue weighted by Gasteiger charge is -2.35. The second-order valence-electron chi connectivity index (χ2n) is 14.7. The minimum atomic E-state index is -0.799. The van der Waals surface area contributed by atoms with E-state index in [1.807, 2.05) is 114 Å². The van der Waals surface area contributed by atoms with Crippen molar-refractivity contribution >= 4 is 27.8 Å². The fourth-order valence-electron chi connectivity index (χ4n) is 8.79. The third kappa shape index (κ3) is 6.03. The molecular formula is C59H41N. The molecule has 0 aromatic heterocycles. The predicted molar refractivity (Wildman–Crippen MR) is 252 cm³/mol. The van der Waals surface area contributed by atoms with E-state index in [0.717, 1.165) is 55.3 Å². The minimum absolute atomic E-state index is 0.0924. The minimum Gasteiger partial charge on any atom is -0.310 e. The molecule has 1 heteroatoms. The van der Waals surface area contributed by atoms with Gasteiger partial charge in [0.25, 0.3) is 0 Å². The van der Waals surface area contributed by atoms with Gasteiger partial charge in [0, 0.05) is 17.1 Å². The number of hydrogen-bond acceptors (Lipinski definition) is 1. The molecule has 0 saturated carbocycles. The molecule has 1 aliphatic rings. The van der Waals surface area contributed by atoms with Crippen molar-refractivity contribution in [1.82, 2.24) is 0 Å². The number of rotatable bonds is 8. The zero-order valence-electron chi connectivity index (χ0n) is 45.1. The van der Waals surface area contributed by atoms with Gasteiger partial charge in [-0.25, -0.2) is 0 Å². The number of anilines is 3. The Kier molecular flexibility index (Phi) is 6.02. The fraction of sp³-hybridized carbons (Fsp3) is 0.0169. The summed E-state index contributed by atoms with van der Waals surface area (Å²) in [6, 6.07) is 49.5. The maximum absolute atomic E-state index is 9.55. The number of hydrogen-bond donors (Lipinski definition) is 0. The Morgan fingerprint density at radius 2 is 0.850 bits per heavy atom. The molecule has 0 unspecified atom stereocenters. The van der Waals surface area contributed by atoms with Gasteiger partial charge in [0.2, 0.25) is 0 Å². The largest absolute Gasteiger partial charge is 0.310 e. The first kappa shape index (κ1) is 24.2. The van der Waals surface area contributed by atoms with Gasteiger partial charge in [-0.15, -0.1) is 0 Å². The van der Waals surface area contributed by atoms with Crippen LogP contribution in [0.25, 0.3) is 55.3 Å². The summed E-state index contributed by atoms with van der Waals surface area (Å²) in [6.45, 7) is 0. The van der Waals surface area contributed by atoms with Crippen LogP contribution < -0.4 is 4.90 Å². The molecule has 0 heterocycles. The molecule has 10 aromatic carbocycles. The summed E-state index contributed by atoms with van der Waals surface area (Å²) >= 11 is 0. The van der Waals surface area contributed by atoms with Gasteiger partial charge in [0.15, 0.2) is 0 Å². The van der Waals surface area contributed by atoms with Gasteiger partial charge < -0.3 is 4.90 Å². The Morgan fingerprint density at radius 1 is 0.317 bits per heavy atom. The molecule has 0 aliphatic heterocycles. The van der Waals surface area contributed by atoms with Crippen LogP contribution in [0.15, 0.2) is 248 Å². The zero-order chi connectivity index (χ0) is 51.2. The lowest BCUT2D eigenvalue weighted by Crippen LogP contribution is -2.28. The quantitative estimate of drug-likeness (QED) is 0.149. The second-order valence-corrected chi connectivity index (χ2v) is 14.7. The van der Waals surface area contributed by atoms with Crippen LogP contribution in [0.2, 0.25) is 0 Å². The summed E-state index contributed by atoms with van der Waals surface area (Å²) in [5.41, 5.74) is 8.56. The van der Waals surface area contributed by atoms with Gasteiger partial charge in [-0.1, -0.05) is 200 Å². The highest BCUT2D eigenvalue weighted by Crippen LogP contribution is 2.57. The number of benzene rings is 10. The molecule has 60 heavy (non-hydrogen) atoms. The Morgan fingerprint density at radius 3 is 1.52 bits per heavy atom. The van der Waals surface area contributed by atoms with Crippen LogP contribution in [0.5, 0.6) is 0 Å². The maximum atomic E-state index is 9.55. The molecule has 0 spiro atoms. The van der Waals surface area contributed by atoms with E-state index in [0.29, 0.717) is 16.9 Å². The maximum Gasteiger partial charge on any atom is 0.0714 e. The first-order valence-electron chi connectivity index (χ1n) is 26.2. The Labute approximate surface area is 370 Å². The fourth-order valence-corrected chi connectivity index (χ4v) is 8.79. The van der Waals surface area contributed by atoms with Crippen molar-refractivity contribution in [2.24, 2.45) is 0 Å². The molecule has 0 radical (unpaired) electrons. The van der Waals surface area contributed by atoms with Gasteiger partial charge >= 0.3 is 0 Å². The van der Waals surface area contributed by atoms with Crippen LogP contribution in [0, 0.1) is 0 Å². The average Bonchev–Trinajstić information content (AvgIpc) is 3.72. The Bertz CT molecular complexity index is 3800. The Balaban J connectivity index is 1.12. The molecule has 11 rings (SSSR count). The van der Waals surface area contributed by atoms with Crippen molar-refractivity contribution < 1.29 is 17.8 Å². The smallest absolute Gasteiger partial charge is 0.0714 e. The van der Waals surface area contributed by atoms with Gasteiger partial charge in [0.05, 0.1) is 23.2 Å². The van der Waals surface area contributed by atoms with E-state index in [-0.39, 0.29) is 40.5 Å². The number of fused-ring (bicyclic) bond motifs is 4. The molecule has 10 aromatic rings. The molecular weight excluding hydrogens is 723 g/mol. The van der Waals surface area contributed by atoms with E-state index in [2.05, 4.69) is 48.5 Å². The van der Waals surface area contributed by atoms with Crippen molar-refractivity contribution in [2.45, 2.75) is 5.41 Å². The SMILES string of the molecule is [2H]c1c(-c2c([2H])c([2H])c([2H])c([2H])c2[2H])cc(N(c2ccc(-c3ccc4ccc(-c5c([2H])c([2H])c([2H])c([2H])c5[2H])cc4c3)cc2)c2ccc3c(c2)C(c2ccccc2)(c2ccccc2)c2ccccc2-3)c([2H])c1[2H]. The van der Waals surface area contributed by atoms with Gasteiger partial charge in [-0.05, 0) is 126 Å². The molecule has 1 nitrogen and oxygen atoms in total. The highest BCUT2D eigenvalue weighted by Gasteiger charge is 2.46. The van der Waals surface area contributed by atoms with Crippen LogP contribution in [-0.2, 0) is 5.41 Å². The molecule has 0 saturated heterocycles. The van der Waals surface area contributed by atoms with E-state index < -0.39 is 65.8 Å². The monoisotopic (exact) mass is 776 g/mol. The summed E-state index contributed by atoms with van der Waals surface area (Å²) in [5, 5.41) is 1.66. The molecule has 0 fully saturated rings. The molecule has 0 amide bonds. The van der Waals surface area contributed by atoms with Crippen LogP contribution in [-0.4, -0.2) is 0 Å². The first-order valence-corrected chi connectivity index (χ1v) is 19.7. The lowest BCUT2D eigenvalue weighted by atomic mass is 9.67. The summed E-state index contributed by atoms with van der Waals surface area (Å²) in [6.07, 6.45) is 0. The van der Waals surface area contributed by atoms with Crippen LogP contribution in [0.4, 0.5) is 17.1 Å². The van der Waals surface area contributed by atoms with Gasteiger partial charge in [-0.3, -0.25) is 0 Å². The van der Waals surface area contributed by atoms with Crippen molar-refractivity contribution in [1.29, 1.82) is 0 Å². The van der Waals surface area contributed by atoms with Gasteiger partial charge in [-0.2, -0.15) is 0 Å². The van der Waals surface area contributed by atoms with Crippen LogP contribution >= 0.6 is 0 Å². The highest BCUT2D eigenvalue weighted by atomic mass is 15.1. The third-order valence-electron chi connectivity index (χ3n) is 11.5. The molecule has 0 bridgehead atoms. The van der Waals surface area contributed by atoms with E-state index in [1.165, 1.54) is 6.07 Å². The Hall–Kier alpha value is -7.74. The molecule has 282 valence electrons. The van der Waals surface area contributed by atoms with E-state index >= 15 is 0 Å². The standard InChI is InChI=1S/C59H41N/c1-5-16-42(17-6-1)46-20-15-25-53(40-46)60(52-34-32-44(33-35-52)48-31-29-45-28-30-47(38-49(45)39-48)43-18-7-2-8-19-43)54-36-37-56-55-26-13-14-27-57(55)59(58(56)41-54,50-21-9-3-10-22-50)51-23-11-4-12-24-51/h1-41H/i1D,2D,5D,6D,7D,8D,15D,16D,17D,18D,19D,20D,25D. The summed E-state index contributed by atoms with van der Waals surface area (Å²) in [7, 11) is 0. The predicted octanol–water partition coefficient (Wildman–Crippen LogP) is 15.7. The van der Waals surface area contributed by atoms with Crippen LogP contribution in [0.1, 0.15) is 40.1 Å². The molecule has 0 N–H and O–H groups in total.